The second-order valence-corrected chi connectivity index (χ2v) is 3.66. The van der Waals surface area contributed by atoms with Gasteiger partial charge in [-0.05, 0) is 13.3 Å². The Bertz CT molecular complexity index is 214. The minimum absolute atomic E-state index is 0.232. The fourth-order valence-electron chi connectivity index (χ4n) is 0.889. The van der Waals surface area contributed by atoms with Crippen molar-refractivity contribution in [3.63, 3.8) is 0 Å². The number of nitrogens with two attached hydrogens (primary N) is 1. The summed E-state index contributed by atoms with van der Waals surface area (Å²) in [6, 6.07) is 0. The second kappa shape index (κ2) is 5.34. The van der Waals surface area contributed by atoms with Gasteiger partial charge in [0.2, 0.25) is 5.91 Å². The third kappa shape index (κ3) is 4.07. The predicted molar refractivity (Wildman–Crippen MR) is 51.2 cm³/mol. The summed E-state index contributed by atoms with van der Waals surface area (Å²) in [5.74, 6) is -1.17. The molecule has 0 saturated heterocycles. The highest BCUT2D eigenvalue weighted by atomic mass is 19.4. The van der Waals surface area contributed by atoms with Gasteiger partial charge in [0.1, 0.15) is 0 Å². The van der Waals surface area contributed by atoms with E-state index in [0.29, 0.717) is 13.3 Å². The molecule has 0 aromatic carbocycles. The first-order chi connectivity index (χ1) is 6.73. The molecule has 0 aliphatic rings. The van der Waals surface area contributed by atoms with E-state index in [1.807, 2.05) is 6.92 Å². The number of hydrogen-bond acceptors (Lipinski definition) is 2. The Kier molecular flexibility index (Phi) is 5.07. The smallest absolute Gasteiger partial charge is 0.354 e. The molecular formula is C9H17F3N2O. The Morgan fingerprint density at radius 2 is 1.87 bits per heavy atom. The SMILES string of the molecule is CCCCCNC(=O)C(C)(N)C(F)(F)F. The molecule has 1 atom stereocenters. The van der Waals surface area contributed by atoms with E-state index in [4.69, 9.17) is 5.73 Å². The molecule has 6 heteroatoms. The molecule has 0 aliphatic carbocycles. The van der Waals surface area contributed by atoms with Gasteiger partial charge in [-0.25, -0.2) is 0 Å². The van der Waals surface area contributed by atoms with Crippen LogP contribution >= 0.6 is 0 Å². The van der Waals surface area contributed by atoms with Crippen molar-refractivity contribution in [3.8, 4) is 0 Å². The number of halogens is 3. The molecule has 3 nitrogen and oxygen atoms in total. The van der Waals surface area contributed by atoms with Crippen molar-refractivity contribution in [3.05, 3.63) is 0 Å². The van der Waals surface area contributed by atoms with Crippen LogP contribution in [0.15, 0.2) is 0 Å². The van der Waals surface area contributed by atoms with Crippen LogP contribution in [-0.4, -0.2) is 24.2 Å². The average Bonchev–Trinajstić information content (AvgIpc) is 2.10. The molecule has 0 heterocycles. The Labute approximate surface area is 87.2 Å². The van der Waals surface area contributed by atoms with Crippen molar-refractivity contribution in [1.29, 1.82) is 0 Å². The zero-order valence-corrected chi connectivity index (χ0v) is 8.95. The molecule has 90 valence electrons. The first-order valence-corrected chi connectivity index (χ1v) is 4.87. The Balaban J connectivity index is 4.10. The van der Waals surface area contributed by atoms with Crippen LogP contribution in [0.1, 0.15) is 33.1 Å². The summed E-state index contributed by atoms with van der Waals surface area (Å²) in [6.45, 7) is 2.86. The molecule has 0 aromatic rings. The molecule has 0 aromatic heterocycles. The van der Waals surface area contributed by atoms with E-state index in [9.17, 15) is 18.0 Å². The second-order valence-electron chi connectivity index (χ2n) is 3.66. The molecule has 3 N–H and O–H groups in total. The molecule has 0 aliphatic heterocycles. The number of carbonyl (C=O) groups is 1. The van der Waals surface area contributed by atoms with Crippen molar-refractivity contribution in [2.24, 2.45) is 5.73 Å². The maximum absolute atomic E-state index is 12.3. The largest absolute Gasteiger partial charge is 0.415 e. The minimum atomic E-state index is -4.72. The third-order valence-corrected chi connectivity index (χ3v) is 2.13. The first kappa shape index (κ1) is 14.2. The van der Waals surface area contributed by atoms with Crippen LogP contribution in [0.25, 0.3) is 0 Å². The summed E-state index contributed by atoms with van der Waals surface area (Å²) in [4.78, 5) is 11.1. The van der Waals surface area contributed by atoms with Crippen molar-refractivity contribution in [1.82, 2.24) is 5.32 Å². The van der Waals surface area contributed by atoms with Gasteiger partial charge in [0.05, 0.1) is 0 Å². The van der Waals surface area contributed by atoms with Gasteiger partial charge in [-0.15, -0.1) is 0 Å². The highest BCUT2D eigenvalue weighted by Gasteiger charge is 2.53. The molecule has 1 unspecified atom stereocenters. The number of nitrogens with one attached hydrogen (secondary N) is 1. The van der Waals surface area contributed by atoms with E-state index in [-0.39, 0.29) is 6.54 Å². The highest BCUT2D eigenvalue weighted by molar-refractivity contribution is 5.86. The van der Waals surface area contributed by atoms with Crippen molar-refractivity contribution < 1.29 is 18.0 Å². The number of unbranched alkanes of at least 4 members (excludes halogenated alkanes) is 2. The lowest BCUT2D eigenvalue weighted by molar-refractivity contribution is -0.187. The van der Waals surface area contributed by atoms with E-state index < -0.39 is 17.6 Å². The van der Waals surface area contributed by atoms with Crippen molar-refractivity contribution >= 4 is 5.91 Å². The van der Waals surface area contributed by atoms with Crippen LogP contribution in [-0.2, 0) is 4.79 Å². The van der Waals surface area contributed by atoms with E-state index in [2.05, 4.69) is 5.32 Å². The average molecular weight is 226 g/mol. The zero-order valence-electron chi connectivity index (χ0n) is 8.95. The number of rotatable bonds is 5. The lowest BCUT2D eigenvalue weighted by Gasteiger charge is -2.26. The lowest BCUT2D eigenvalue weighted by atomic mass is 10.0. The Morgan fingerprint density at radius 1 is 1.33 bits per heavy atom. The molecule has 0 spiro atoms. The van der Waals surface area contributed by atoms with E-state index in [0.717, 1.165) is 12.8 Å². The van der Waals surface area contributed by atoms with Gasteiger partial charge in [0.25, 0.3) is 0 Å². The fraction of sp³-hybridized carbons (Fsp3) is 0.889. The standard InChI is InChI=1S/C9H17F3N2O/c1-3-4-5-6-14-7(15)8(2,13)9(10,11)12/h3-6,13H2,1-2H3,(H,14,15). The van der Waals surface area contributed by atoms with Crippen LogP contribution in [0, 0.1) is 0 Å². The molecule has 0 rings (SSSR count). The van der Waals surface area contributed by atoms with Crippen molar-refractivity contribution in [2.45, 2.75) is 44.8 Å². The summed E-state index contributed by atoms with van der Waals surface area (Å²) in [6.07, 6.45) is -2.25. The van der Waals surface area contributed by atoms with E-state index in [1.54, 1.807) is 0 Å². The summed E-state index contributed by atoms with van der Waals surface area (Å²) < 4.78 is 36.8. The molecule has 1 amide bonds. The lowest BCUT2D eigenvalue weighted by Crippen LogP contribution is -2.61. The molecular weight excluding hydrogens is 209 g/mol. The van der Waals surface area contributed by atoms with Gasteiger partial charge in [-0.3, -0.25) is 4.79 Å². The molecule has 0 saturated carbocycles. The summed E-state index contributed by atoms with van der Waals surface area (Å²) in [7, 11) is 0. The van der Waals surface area contributed by atoms with Gasteiger partial charge >= 0.3 is 6.18 Å². The fourth-order valence-corrected chi connectivity index (χ4v) is 0.889. The quantitative estimate of drug-likeness (QED) is 0.699. The third-order valence-electron chi connectivity index (χ3n) is 2.13. The molecule has 0 bridgehead atoms. The monoisotopic (exact) mass is 226 g/mol. The zero-order chi connectivity index (χ0) is 12.1. The van der Waals surface area contributed by atoms with Crippen LogP contribution in [0.5, 0.6) is 0 Å². The molecule has 0 fully saturated rings. The van der Waals surface area contributed by atoms with Crippen LogP contribution in [0.3, 0.4) is 0 Å². The van der Waals surface area contributed by atoms with Gasteiger partial charge in [-0.1, -0.05) is 19.8 Å². The Morgan fingerprint density at radius 3 is 2.27 bits per heavy atom. The summed E-state index contributed by atoms with van der Waals surface area (Å²) in [5, 5.41) is 2.18. The minimum Gasteiger partial charge on any atom is -0.354 e. The maximum atomic E-state index is 12.3. The van der Waals surface area contributed by atoms with Crippen LogP contribution < -0.4 is 11.1 Å². The highest BCUT2D eigenvalue weighted by Crippen LogP contribution is 2.27. The first-order valence-electron chi connectivity index (χ1n) is 4.87. The predicted octanol–water partition coefficient (Wildman–Crippen LogP) is 1.57. The number of carbonyl (C=O) groups excluding carboxylic acids is 1. The summed E-state index contributed by atoms with van der Waals surface area (Å²) in [5.41, 5.74) is 2.11. The number of hydrogen-bond donors (Lipinski definition) is 2. The topological polar surface area (TPSA) is 55.1 Å². The normalized spacial score (nSPS) is 15.9. The maximum Gasteiger partial charge on any atom is 0.415 e. The summed E-state index contributed by atoms with van der Waals surface area (Å²) >= 11 is 0. The number of amides is 1. The Hall–Kier alpha value is -0.780. The van der Waals surface area contributed by atoms with E-state index >= 15 is 0 Å². The van der Waals surface area contributed by atoms with Gasteiger partial charge in [0.15, 0.2) is 5.54 Å². The van der Waals surface area contributed by atoms with Crippen LogP contribution in [0.4, 0.5) is 13.2 Å². The van der Waals surface area contributed by atoms with Gasteiger partial charge < -0.3 is 11.1 Å². The van der Waals surface area contributed by atoms with Crippen molar-refractivity contribution in [2.75, 3.05) is 6.54 Å². The molecule has 0 radical (unpaired) electrons. The van der Waals surface area contributed by atoms with Gasteiger partial charge in [-0.2, -0.15) is 13.2 Å². The van der Waals surface area contributed by atoms with Gasteiger partial charge in [0, 0.05) is 6.54 Å². The number of alkyl halides is 3. The van der Waals surface area contributed by atoms with E-state index in [1.165, 1.54) is 0 Å². The van der Waals surface area contributed by atoms with Crippen LogP contribution in [0.2, 0.25) is 0 Å². The molecule has 15 heavy (non-hydrogen) atoms.